The molecule has 2 aromatic rings. The van der Waals surface area contributed by atoms with Crippen molar-refractivity contribution in [1.29, 1.82) is 0 Å². The Labute approximate surface area is 118 Å². The lowest BCUT2D eigenvalue weighted by Crippen LogP contribution is -2.25. The molecular formula is C13H20N6O. The van der Waals surface area contributed by atoms with Crippen LogP contribution in [0.5, 0.6) is 0 Å². The first-order valence-electron chi connectivity index (χ1n) is 6.77. The van der Waals surface area contributed by atoms with Crippen molar-refractivity contribution in [3.8, 4) is 0 Å². The van der Waals surface area contributed by atoms with Gasteiger partial charge >= 0.3 is 0 Å². The van der Waals surface area contributed by atoms with Gasteiger partial charge in [-0.2, -0.15) is 5.10 Å². The summed E-state index contributed by atoms with van der Waals surface area (Å²) in [5.41, 5.74) is 0. The van der Waals surface area contributed by atoms with Crippen molar-refractivity contribution in [3.63, 3.8) is 0 Å². The van der Waals surface area contributed by atoms with Crippen molar-refractivity contribution in [2.75, 3.05) is 0 Å². The van der Waals surface area contributed by atoms with E-state index in [0.29, 0.717) is 25.6 Å². The van der Waals surface area contributed by atoms with Gasteiger partial charge in [0, 0.05) is 31.4 Å². The predicted molar refractivity (Wildman–Crippen MR) is 73.7 cm³/mol. The van der Waals surface area contributed by atoms with E-state index >= 15 is 0 Å². The van der Waals surface area contributed by atoms with E-state index in [1.807, 2.05) is 6.20 Å². The zero-order valence-electron chi connectivity index (χ0n) is 11.9. The maximum absolute atomic E-state index is 11.8. The van der Waals surface area contributed by atoms with Crippen LogP contribution in [0.2, 0.25) is 0 Å². The molecule has 2 rings (SSSR count). The second kappa shape index (κ2) is 6.83. The van der Waals surface area contributed by atoms with Gasteiger partial charge in [-0.1, -0.05) is 0 Å². The molecule has 0 aliphatic rings. The Hall–Kier alpha value is -2.18. The van der Waals surface area contributed by atoms with E-state index in [-0.39, 0.29) is 5.91 Å². The highest BCUT2D eigenvalue weighted by atomic mass is 16.1. The normalized spacial score (nSPS) is 10.9. The highest BCUT2D eigenvalue weighted by Gasteiger charge is 2.07. The van der Waals surface area contributed by atoms with E-state index in [1.165, 1.54) is 6.33 Å². The van der Waals surface area contributed by atoms with Gasteiger partial charge in [-0.3, -0.25) is 9.48 Å². The zero-order chi connectivity index (χ0) is 14.4. The van der Waals surface area contributed by atoms with Gasteiger partial charge in [0.2, 0.25) is 5.91 Å². The van der Waals surface area contributed by atoms with Gasteiger partial charge in [0.25, 0.3) is 0 Å². The Balaban J connectivity index is 1.71. The maximum atomic E-state index is 11.8. The number of hydrogen-bond donors (Lipinski definition) is 1. The largest absolute Gasteiger partial charge is 0.349 e. The minimum absolute atomic E-state index is 0.0309. The molecular weight excluding hydrogens is 256 g/mol. The molecule has 20 heavy (non-hydrogen) atoms. The number of amides is 1. The standard InChI is InChI=1S/C13H20N6O/c1-11(2)19-7-5-15-12(19)8-16-13(20)4-3-6-18-10-14-9-17-18/h5,7,9-11H,3-4,6,8H2,1-2H3,(H,16,20). The number of nitrogens with zero attached hydrogens (tertiary/aromatic N) is 5. The van der Waals surface area contributed by atoms with Crippen molar-refractivity contribution in [2.24, 2.45) is 0 Å². The zero-order valence-corrected chi connectivity index (χ0v) is 11.9. The Kier molecular flexibility index (Phi) is 4.86. The van der Waals surface area contributed by atoms with Crippen LogP contribution in [0, 0.1) is 0 Å². The molecule has 7 heteroatoms. The van der Waals surface area contributed by atoms with Crippen LogP contribution in [0.25, 0.3) is 0 Å². The van der Waals surface area contributed by atoms with Crippen LogP contribution in [0.1, 0.15) is 38.6 Å². The Morgan fingerprint density at radius 1 is 1.45 bits per heavy atom. The summed E-state index contributed by atoms with van der Waals surface area (Å²) in [6.45, 7) is 5.34. The lowest BCUT2D eigenvalue weighted by molar-refractivity contribution is -0.121. The van der Waals surface area contributed by atoms with Gasteiger partial charge in [-0.25, -0.2) is 9.97 Å². The molecule has 0 aliphatic heterocycles. The molecule has 0 aromatic carbocycles. The van der Waals surface area contributed by atoms with Gasteiger partial charge in [0.05, 0.1) is 6.54 Å². The second-order valence-corrected chi connectivity index (χ2v) is 4.88. The monoisotopic (exact) mass is 276 g/mol. The van der Waals surface area contributed by atoms with Crippen LogP contribution in [0.3, 0.4) is 0 Å². The number of hydrogen-bond acceptors (Lipinski definition) is 4. The number of imidazole rings is 1. The first-order valence-corrected chi connectivity index (χ1v) is 6.77. The van der Waals surface area contributed by atoms with Crippen molar-refractivity contribution < 1.29 is 4.79 Å². The summed E-state index contributed by atoms with van der Waals surface area (Å²) < 4.78 is 3.77. The molecule has 0 bridgehead atoms. The lowest BCUT2D eigenvalue weighted by Gasteiger charge is -2.12. The van der Waals surface area contributed by atoms with E-state index in [2.05, 4.69) is 38.8 Å². The van der Waals surface area contributed by atoms with E-state index in [9.17, 15) is 4.79 Å². The van der Waals surface area contributed by atoms with Crippen molar-refractivity contribution in [3.05, 3.63) is 30.9 Å². The van der Waals surface area contributed by atoms with E-state index < -0.39 is 0 Å². The lowest BCUT2D eigenvalue weighted by atomic mass is 10.3. The maximum Gasteiger partial charge on any atom is 0.220 e. The van der Waals surface area contributed by atoms with Crippen LogP contribution in [0.15, 0.2) is 25.0 Å². The molecule has 0 unspecified atom stereocenters. The van der Waals surface area contributed by atoms with Crippen LogP contribution in [-0.4, -0.2) is 30.2 Å². The summed E-state index contributed by atoms with van der Waals surface area (Å²) in [5.74, 6) is 0.910. The molecule has 108 valence electrons. The highest BCUT2D eigenvalue weighted by Crippen LogP contribution is 2.07. The molecule has 0 saturated carbocycles. The number of rotatable bonds is 7. The summed E-state index contributed by atoms with van der Waals surface area (Å²) in [7, 11) is 0. The van der Waals surface area contributed by atoms with E-state index in [0.717, 1.165) is 12.2 Å². The SMILES string of the molecule is CC(C)n1ccnc1CNC(=O)CCCn1cncn1. The van der Waals surface area contributed by atoms with Gasteiger partial charge in [-0.15, -0.1) is 0 Å². The average molecular weight is 276 g/mol. The predicted octanol–water partition coefficient (Wildman–Crippen LogP) is 1.15. The minimum atomic E-state index is 0.0309. The average Bonchev–Trinajstić information content (AvgIpc) is 3.07. The summed E-state index contributed by atoms with van der Waals surface area (Å²) in [5, 5.41) is 6.88. The van der Waals surface area contributed by atoms with Crippen molar-refractivity contribution >= 4 is 5.91 Å². The Bertz CT molecular complexity index is 531. The fourth-order valence-corrected chi connectivity index (χ4v) is 1.97. The fourth-order valence-electron chi connectivity index (χ4n) is 1.97. The topological polar surface area (TPSA) is 77.6 Å². The number of aromatic nitrogens is 5. The number of carbonyl (C=O) groups is 1. The molecule has 0 atom stereocenters. The van der Waals surface area contributed by atoms with Gasteiger partial charge in [0.1, 0.15) is 18.5 Å². The summed E-state index contributed by atoms with van der Waals surface area (Å²) in [6, 6.07) is 0.344. The third kappa shape index (κ3) is 3.91. The Morgan fingerprint density at radius 3 is 3.00 bits per heavy atom. The first-order chi connectivity index (χ1) is 9.66. The quantitative estimate of drug-likeness (QED) is 0.823. The number of aryl methyl sites for hydroxylation is 1. The Morgan fingerprint density at radius 2 is 2.30 bits per heavy atom. The molecule has 7 nitrogen and oxygen atoms in total. The van der Waals surface area contributed by atoms with Gasteiger partial charge in [0.15, 0.2) is 0 Å². The second-order valence-electron chi connectivity index (χ2n) is 4.88. The summed E-state index contributed by atoms with van der Waals surface area (Å²) >= 11 is 0. The summed E-state index contributed by atoms with van der Waals surface area (Å²) in [6.07, 6.45) is 8.04. The van der Waals surface area contributed by atoms with Gasteiger partial charge in [-0.05, 0) is 20.3 Å². The molecule has 1 N–H and O–H groups in total. The van der Waals surface area contributed by atoms with Crippen LogP contribution in [0.4, 0.5) is 0 Å². The minimum Gasteiger partial charge on any atom is -0.349 e. The first kappa shape index (κ1) is 14.2. The fraction of sp³-hybridized carbons (Fsp3) is 0.538. The van der Waals surface area contributed by atoms with Crippen LogP contribution >= 0.6 is 0 Å². The molecule has 0 radical (unpaired) electrons. The molecule has 0 fully saturated rings. The number of nitrogens with one attached hydrogen (secondary N) is 1. The molecule has 0 aliphatic carbocycles. The van der Waals surface area contributed by atoms with E-state index in [1.54, 1.807) is 17.2 Å². The van der Waals surface area contributed by atoms with Crippen LogP contribution < -0.4 is 5.32 Å². The molecule has 2 aromatic heterocycles. The van der Waals surface area contributed by atoms with Gasteiger partial charge < -0.3 is 9.88 Å². The van der Waals surface area contributed by atoms with Crippen molar-refractivity contribution in [1.82, 2.24) is 29.6 Å². The summed E-state index contributed by atoms with van der Waals surface area (Å²) in [4.78, 5) is 19.9. The molecule has 0 spiro atoms. The molecule has 2 heterocycles. The third-order valence-corrected chi connectivity index (χ3v) is 3.01. The van der Waals surface area contributed by atoms with E-state index in [4.69, 9.17) is 0 Å². The number of carbonyl (C=O) groups excluding carboxylic acids is 1. The third-order valence-electron chi connectivity index (χ3n) is 3.01. The van der Waals surface area contributed by atoms with Crippen molar-refractivity contribution in [2.45, 2.75) is 45.8 Å². The smallest absolute Gasteiger partial charge is 0.220 e. The molecule has 1 amide bonds. The highest BCUT2D eigenvalue weighted by molar-refractivity contribution is 5.75. The molecule has 0 saturated heterocycles. The van der Waals surface area contributed by atoms with Crippen LogP contribution in [-0.2, 0) is 17.9 Å².